The minimum Gasteiger partial charge on any atom is -0.462 e. The highest BCUT2D eigenvalue weighted by Crippen LogP contribution is 2.40. The predicted molar refractivity (Wildman–Crippen MR) is 115 cm³/mol. The van der Waals surface area contributed by atoms with Crippen molar-refractivity contribution in [3.05, 3.63) is 63.7 Å². The summed E-state index contributed by atoms with van der Waals surface area (Å²) >= 11 is 0. The summed E-state index contributed by atoms with van der Waals surface area (Å²) in [7, 11) is 0. The maximum Gasteiger partial charge on any atom is 0.344 e. The first-order chi connectivity index (χ1) is 15.0. The molecule has 0 fully saturated rings. The number of hydrogen-bond donors (Lipinski definition) is 1. The van der Waals surface area contributed by atoms with Gasteiger partial charge in [-0.2, -0.15) is 0 Å². The minimum absolute atomic E-state index is 0.0116. The normalized spacial score (nSPS) is 16.1. The molecule has 1 amide bonds. The Morgan fingerprint density at radius 1 is 0.968 bits per heavy atom. The molecular formula is C25H27F2NO3. The third-order valence-corrected chi connectivity index (χ3v) is 6.30. The van der Waals surface area contributed by atoms with E-state index in [9.17, 15) is 18.4 Å². The number of aryl methyl sites for hydroxylation is 2. The Bertz CT molecular complexity index is 962. The molecule has 4 rings (SSSR count). The molecule has 2 aliphatic rings. The highest BCUT2D eigenvalue weighted by Gasteiger charge is 2.26. The topological polar surface area (TPSA) is 55.4 Å². The standard InChI is InChI=1S/C25H27F2NO3/c1-2-31-25(30)23-20(26)13-19(14-21(23)27)28-24(29)18-11-16-9-5-3-7-15-8-4-6-10-17(12-18)22(15)16/h11-15H,2-10H2,1H3,(H,28,29). The summed E-state index contributed by atoms with van der Waals surface area (Å²) in [6.07, 6.45) is 8.94. The fraction of sp³-hybridized carbons (Fsp3) is 0.440. The van der Waals surface area contributed by atoms with E-state index in [4.69, 9.17) is 0 Å². The Balaban J connectivity index is 1.62. The monoisotopic (exact) mass is 427 g/mol. The molecule has 2 aromatic carbocycles. The van der Waals surface area contributed by atoms with Gasteiger partial charge in [0.15, 0.2) is 0 Å². The number of ether oxygens (including phenoxy) is 1. The van der Waals surface area contributed by atoms with Crippen LogP contribution in [0.1, 0.15) is 88.8 Å². The quantitative estimate of drug-likeness (QED) is 0.615. The molecule has 0 radical (unpaired) electrons. The SMILES string of the molecule is CCOC(=O)c1c(F)cc(NC(=O)c2cc3c4c(c2)CCCCC4CCCC3)cc1F. The van der Waals surface area contributed by atoms with Crippen molar-refractivity contribution in [2.45, 2.75) is 64.2 Å². The number of benzene rings is 2. The molecule has 2 aromatic rings. The van der Waals surface area contributed by atoms with Gasteiger partial charge in [0.1, 0.15) is 17.2 Å². The lowest BCUT2D eigenvalue weighted by Gasteiger charge is -2.20. The van der Waals surface area contributed by atoms with Crippen molar-refractivity contribution in [2.24, 2.45) is 0 Å². The zero-order chi connectivity index (χ0) is 22.0. The molecule has 164 valence electrons. The number of carbonyl (C=O) groups excluding carboxylic acids is 2. The molecule has 6 heteroatoms. The van der Waals surface area contributed by atoms with Gasteiger partial charge >= 0.3 is 5.97 Å². The van der Waals surface area contributed by atoms with Gasteiger partial charge in [-0.1, -0.05) is 12.8 Å². The molecule has 1 N–H and O–H groups in total. The summed E-state index contributed by atoms with van der Waals surface area (Å²) in [6.45, 7) is 1.57. The first-order valence-corrected chi connectivity index (χ1v) is 11.1. The third kappa shape index (κ3) is 4.48. The number of hydrogen-bond acceptors (Lipinski definition) is 3. The maximum absolute atomic E-state index is 14.3. The van der Waals surface area contributed by atoms with E-state index in [1.54, 1.807) is 6.92 Å². The molecule has 0 saturated carbocycles. The highest BCUT2D eigenvalue weighted by atomic mass is 19.1. The molecule has 0 spiro atoms. The van der Waals surface area contributed by atoms with Crippen molar-refractivity contribution in [3.8, 4) is 0 Å². The van der Waals surface area contributed by atoms with Gasteiger partial charge in [-0.25, -0.2) is 13.6 Å². The third-order valence-electron chi connectivity index (χ3n) is 6.30. The van der Waals surface area contributed by atoms with Crippen LogP contribution in [0, 0.1) is 11.6 Å². The second-order valence-corrected chi connectivity index (χ2v) is 8.39. The summed E-state index contributed by atoms with van der Waals surface area (Å²) in [5.74, 6) is -3.03. The molecule has 31 heavy (non-hydrogen) atoms. The van der Waals surface area contributed by atoms with Gasteiger partial charge in [0.2, 0.25) is 0 Å². The molecule has 0 saturated heterocycles. The number of nitrogens with one attached hydrogen (secondary N) is 1. The Labute approximate surface area is 181 Å². The molecule has 0 atom stereocenters. The number of anilines is 1. The molecule has 0 aromatic heterocycles. The average Bonchev–Trinajstić information content (AvgIpc) is 3.05. The number of esters is 1. The Kier molecular flexibility index (Phi) is 6.35. The lowest BCUT2D eigenvalue weighted by atomic mass is 9.86. The molecule has 2 aliphatic carbocycles. The Hall–Kier alpha value is -2.76. The summed E-state index contributed by atoms with van der Waals surface area (Å²) in [5.41, 5.74) is 3.63. The summed E-state index contributed by atoms with van der Waals surface area (Å²) < 4.78 is 33.3. The van der Waals surface area contributed by atoms with Crippen LogP contribution in [0.2, 0.25) is 0 Å². The van der Waals surface area contributed by atoms with Gasteiger partial charge in [0, 0.05) is 11.3 Å². The lowest BCUT2D eigenvalue weighted by Crippen LogP contribution is -2.16. The highest BCUT2D eigenvalue weighted by molar-refractivity contribution is 6.05. The van der Waals surface area contributed by atoms with Crippen LogP contribution in [0.5, 0.6) is 0 Å². The molecule has 0 bridgehead atoms. The second-order valence-electron chi connectivity index (χ2n) is 8.39. The van der Waals surface area contributed by atoms with Crippen LogP contribution < -0.4 is 5.32 Å². The van der Waals surface area contributed by atoms with Gasteiger partial charge in [-0.3, -0.25) is 4.79 Å². The van der Waals surface area contributed by atoms with E-state index in [1.807, 2.05) is 12.1 Å². The van der Waals surface area contributed by atoms with Crippen LogP contribution in [0.15, 0.2) is 24.3 Å². The summed E-state index contributed by atoms with van der Waals surface area (Å²) in [6, 6.07) is 5.78. The number of rotatable bonds is 4. The van der Waals surface area contributed by atoms with E-state index in [-0.39, 0.29) is 12.3 Å². The zero-order valence-corrected chi connectivity index (χ0v) is 17.7. The van der Waals surface area contributed by atoms with Gasteiger partial charge in [0.25, 0.3) is 5.91 Å². The van der Waals surface area contributed by atoms with E-state index >= 15 is 0 Å². The van der Waals surface area contributed by atoms with Crippen LogP contribution in [0.25, 0.3) is 0 Å². The molecule has 4 nitrogen and oxygen atoms in total. The van der Waals surface area contributed by atoms with E-state index in [0.29, 0.717) is 11.5 Å². The van der Waals surface area contributed by atoms with Crippen molar-refractivity contribution in [2.75, 3.05) is 11.9 Å². The molecular weight excluding hydrogens is 400 g/mol. The van der Waals surface area contributed by atoms with Crippen molar-refractivity contribution in [1.29, 1.82) is 0 Å². The number of halogens is 2. The van der Waals surface area contributed by atoms with Crippen molar-refractivity contribution in [1.82, 2.24) is 0 Å². The van der Waals surface area contributed by atoms with Gasteiger partial charge < -0.3 is 10.1 Å². The van der Waals surface area contributed by atoms with Crippen molar-refractivity contribution < 1.29 is 23.1 Å². The zero-order valence-electron chi connectivity index (χ0n) is 17.7. The second kappa shape index (κ2) is 9.16. The average molecular weight is 427 g/mol. The van der Waals surface area contributed by atoms with Crippen LogP contribution in [-0.4, -0.2) is 18.5 Å². The fourth-order valence-electron chi connectivity index (χ4n) is 4.94. The maximum atomic E-state index is 14.3. The van der Waals surface area contributed by atoms with E-state index in [2.05, 4.69) is 10.1 Å². The summed E-state index contributed by atoms with van der Waals surface area (Å²) in [4.78, 5) is 24.7. The first-order valence-electron chi connectivity index (χ1n) is 11.1. The molecule has 0 aliphatic heterocycles. The van der Waals surface area contributed by atoms with Crippen LogP contribution in [0.3, 0.4) is 0 Å². The van der Waals surface area contributed by atoms with E-state index < -0.39 is 29.1 Å². The van der Waals surface area contributed by atoms with Gasteiger partial charge in [-0.15, -0.1) is 0 Å². The minimum atomic E-state index is -1.06. The lowest BCUT2D eigenvalue weighted by molar-refractivity contribution is 0.0515. The smallest absolute Gasteiger partial charge is 0.344 e. The van der Waals surface area contributed by atoms with Crippen molar-refractivity contribution in [3.63, 3.8) is 0 Å². The number of carbonyl (C=O) groups is 2. The predicted octanol–water partition coefficient (Wildman–Crippen LogP) is 5.93. The van der Waals surface area contributed by atoms with E-state index in [1.165, 1.54) is 42.4 Å². The Morgan fingerprint density at radius 2 is 1.55 bits per heavy atom. The van der Waals surface area contributed by atoms with Crippen LogP contribution in [-0.2, 0) is 17.6 Å². The van der Waals surface area contributed by atoms with Crippen LogP contribution in [0.4, 0.5) is 14.5 Å². The summed E-state index contributed by atoms with van der Waals surface area (Å²) in [5, 5.41) is 2.59. The fourth-order valence-corrected chi connectivity index (χ4v) is 4.94. The van der Waals surface area contributed by atoms with Crippen molar-refractivity contribution >= 4 is 17.6 Å². The molecule has 0 unspecified atom stereocenters. The number of amides is 1. The first kappa shape index (κ1) is 21.5. The van der Waals surface area contributed by atoms with E-state index in [0.717, 1.165) is 37.8 Å². The van der Waals surface area contributed by atoms with Gasteiger partial charge in [0.05, 0.1) is 6.61 Å². The van der Waals surface area contributed by atoms with Gasteiger partial charge in [-0.05, 0) is 92.3 Å². The molecule has 0 heterocycles. The largest absolute Gasteiger partial charge is 0.462 e. The Morgan fingerprint density at radius 3 is 2.10 bits per heavy atom. The van der Waals surface area contributed by atoms with Crippen LogP contribution >= 0.6 is 0 Å².